The molecule has 0 atom stereocenters. The number of amides is 1. The molecule has 0 spiro atoms. The molecule has 3 aromatic rings. The molecule has 32 heavy (non-hydrogen) atoms. The van der Waals surface area contributed by atoms with E-state index < -0.39 is 0 Å². The highest BCUT2D eigenvalue weighted by molar-refractivity contribution is 7.98. The third kappa shape index (κ3) is 6.81. The lowest BCUT2D eigenvalue weighted by Crippen LogP contribution is -2.25. The largest absolute Gasteiger partial charge is 0.496 e. The zero-order valence-electron chi connectivity index (χ0n) is 18.6. The van der Waals surface area contributed by atoms with Gasteiger partial charge >= 0.3 is 0 Å². The maximum absolute atomic E-state index is 12.2. The summed E-state index contributed by atoms with van der Waals surface area (Å²) in [5, 5.41) is 4.92. The molecule has 1 amide bonds. The molecule has 0 saturated carbocycles. The Morgan fingerprint density at radius 2 is 1.81 bits per heavy atom. The van der Waals surface area contributed by atoms with Gasteiger partial charge in [0.15, 0.2) is 11.8 Å². The van der Waals surface area contributed by atoms with Crippen LogP contribution in [0.25, 0.3) is 0 Å². The van der Waals surface area contributed by atoms with E-state index in [4.69, 9.17) is 9.47 Å². The van der Waals surface area contributed by atoms with E-state index in [0.29, 0.717) is 22.4 Å². The topological polar surface area (TPSA) is 85.7 Å². The molecule has 1 heterocycles. The number of hydrogen-bond acceptors (Lipinski definition) is 7. The van der Waals surface area contributed by atoms with Crippen LogP contribution in [0.4, 0.5) is 0 Å². The van der Waals surface area contributed by atoms with E-state index in [1.807, 2.05) is 51.1 Å². The summed E-state index contributed by atoms with van der Waals surface area (Å²) in [7, 11) is 1.64. The monoisotopic (exact) mass is 450 g/mol. The van der Waals surface area contributed by atoms with Crippen molar-refractivity contribution in [1.82, 2.24) is 15.4 Å². The van der Waals surface area contributed by atoms with Crippen molar-refractivity contribution < 1.29 is 14.3 Å². The zero-order chi connectivity index (χ0) is 22.9. The highest BCUT2D eigenvalue weighted by atomic mass is 32.2. The van der Waals surface area contributed by atoms with E-state index in [-0.39, 0.29) is 12.5 Å². The number of nitrogens with zero attached hydrogens (tertiary/aromatic N) is 3. The van der Waals surface area contributed by atoms with Crippen LogP contribution in [-0.2, 0) is 10.5 Å². The number of benzene rings is 2. The molecule has 3 rings (SSSR count). The predicted octanol–water partition coefficient (Wildman–Crippen LogP) is 4.31. The molecule has 0 radical (unpaired) electrons. The van der Waals surface area contributed by atoms with Crippen molar-refractivity contribution >= 4 is 23.4 Å². The Morgan fingerprint density at radius 3 is 2.50 bits per heavy atom. The number of hydrogen-bond donors (Lipinski definition) is 1. The molecular formula is C24H26N4O3S. The average molecular weight is 451 g/mol. The quantitative estimate of drug-likeness (QED) is 0.226. The molecule has 0 fully saturated rings. The number of ether oxygens (including phenoxy) is 2. The van der Waals surface area contributed by atoms with E-state index in [1.165, 1.54) is 11.8 Å². The second kappa shape index (κ2) is 11.3. The fourth-order valence-electron chi connectivity index (χ4n) is 3.03. The van der Waals surface area contributed by atoms with Crippen molar-refractivity contribution in [3.05, 3.63) is 77.1 Å². The number of methoxy groups -OCH3 is 1. The van der Waals surface area contributed by atoms with Crippen LogP contribution in [-0.4, -0.2) is 35.3 Å². The minimum atomic E-state index is -0.325. The van der Waals surface area contributed by atoms with Crippen LogP contribution in [0.15, 0.2) is 65.1 Å². The SMILES string of the molecule is COc1ccc(C(C)=NNC(=O)COc2cc(C)cc(C)c2)cc1CSc1ncccn1. The smallest absolute Gasteiger partial charge is 0.277 e. The molecule has 1 N–H and O–H groups in total. The predicted molar refractivity (Wildman–Crippen MR) is 126 cm³/mol. The van der Waals surface area contributed by atoms with Crippen LogP contribution in [0.3, 0.4) is 0 Å². The van der Waals surface area contributed by atoms with Gasteiger partial charge in [0.2, 0.25) is 0 Å². The van der Waals surface area contributed by atoms with Crippen LogP contribution in [0, 0.1) is 13.8 Å². The van der Waals surface area contributed by atoms with Gasteiger partial charge in [-0.1, -0.05) is 17.8 Å². The third-order valence-corrected chi connectivity index (χ3v) is 5.43. The summed E-state index contributed by atoms with van der Waals surface area (Å²) < 4.78 is 11.1. The highest BCUT2D eigenvalue weighted by Crippen LogP contribution is 2.27. The second-order valence-electron chi connectivity index (χ2n) is 7.19. The van der Waals surface area contributed by atoms with Crippen LogP contribution in [0.2, 0.25) is 0 Å². The number of carbonyl (C=O) groups is 1. The van der Waals surface area contributed by atoms with Gasteiger partial charge < -0.3 is 9.47 Å². The van der Waals surface area contributed by atoms with Crippen LogP contribution in [0.5, 0.6) is 11.5 Å². The summed E-state index contributed by atoms with van der Waals surface area (Å²) in [6.07, 6.45) is 3.43. The molecule has 8 heteroatoms. The highest BCUT2D eigenvalue weighted by Gasteiger charge is 2.09. The Bertz CT molecular complexity index is 1080. The molecule has 0 unspecified atom stereocenters. The van der Waals surface area contributed by atoms with Gasteiger partial charge in [-0.05, 0) is 73.9 Å². The van der Waals surface area contributed by atoms with E-state index in [9.17, 15) is 4.79 Å². The Morgan fingerprint density at radius 1 is 1.09 bits per heavy atom. The van der Waals surface area contributed by atoms with Gasteiger partial charge in [0.1, 0.15) is 11.5 Å². The van der Waals surface area contributed by atoms with Crippen molar-refractivity contribution in [2.75, 3.05) is 13.7 Å². The number of hydrazone groups is 1. The summed E-state index contributed by atoms with van der Waals surface area (Å²) in [6, 6.07) is 13.4. The van der Waals surface area contributed by atoms with Gasteiger partial charge in [0.25, 0.3) is 5.91 Å². The molecule has 0 bridgehead atoms. The first-order valence-electron chi connectivity index (χ1n) is 10.1. The standard InChI is InChI=1S/C24H26N4O3S/c1-16-10-17(2)12-21(11-16)31-14-23(29)28-27-18(3)19-6-7-22(30-4)20(13-19)15-32-24-25-8-5-9-26-24/h5-13H,14-15H2,1-4H3,(H,28,29). The summed E-state index contributed by atoms with van der Waals surface area (Å²) in [6.45, 7) is 5.70. The summed E-state index contributed by atoms with van der Waals surface area (Å²) >= 11 is 1.52. The van der Waals surface area contributed by atoms with Crippen LogP contribution < -0.4 is 14.9 Å². The van der Waals surface area contributed by atoms with E-state index >= 15 is 0 Å². The van der Waals surface area contributed by atoms with Gasteiger partial charge in [-0.25, -0.2) is 15.4 Å². The summed E-state index contributed by atoms with van der Waals surface area (Å²) in [5.74, 6) is 1.76. The van der Waals surface area contributed by atoms with Gasteiger partial charge in [0, 0.05) is 23.7 Å². The molecule has 7 nitrogen and oxygen atoms in total. The van der Waals surface area contributed by atoms with Crippen molar-refractivity contribution in [1.29, 1.82) is 0 Å². The van der Waals surface area contributed by atoms with Gasteiger partial charge in [-0.2, -0.15) is 5.10 Å². The molecule has 0 saturated heterocycles. The lowest BCUT2D eigenvalue weighted by atomic mass is 10.1. The molecule has 0 aliphatic heterocycles. The van der Waals surface area contributed by atoms with Crippen LogP contribution >= 0.6 is 11.8 Å². The Balaban J connectivity index is 1.61. The zero-order valence-corrected chi connectivity index (χ0v) is 19.4. The maximum atomic E-state index is 12.2. The fraction of sp³-hybridized carbons (Fsp3) is 0.250. The number of rotatable bonds is 9. The first-order chi connectivity index (χ1) is 15.4. The van der Waals surface area contributed by atoms with Crippen molar-refractivity contribution in [2.45, 2.75) is 31.7 Å². The Kier molecular flexibility index (Phi) is 8.21. The summed E-state index contributed by atoms with van der Waals surface area (Å²) in [5.41, 5.74) is 7.27. The van der Waals surface area contributed by atoms with E-state index in [2.05, 4.69) is 26.6 Å². The van der Waals surface area contributed by atoms with Gasteiger partial charge in [-0.3, -0.25) is 4.79 Å². The van der Waals surface area contributed by atoms with Crippen molar-refractivity contribution in [3.63, 3.8) is 0 Å². The van der Waals surface area contributed by atoms with Crippen molar-refractivity contribution in [3.8, 4) is 11.5 Å². The lowest BCUT2D eigenvalue weighted by molar-refractivity contribution is -0.123. The fourth-order valence-corrected chi connectivity index (χ4v) is 3.81. The minimum absolute atomic E-state index is 0.110. The number of nitrogens with one attached hydrogen (secondary N) is 1. The normalized spacial score (nSPS) is 11.2. The summed E-state index contributed by atoms with van der Waals surface area (Å²) in [4.78, 5) is 20.6. The Labute approximate surface area is 192 Å². The van der Waals surface area contributed by atoms with Gasteiger partial charge in [0.05, 0.1) is 12.8 Å². The number of carbonyl (C=O) groups excluding carboxylic acids is 1. The third-order valence-electron chi connectivity index (χ3n) is 4.51. The van der Waals surface area contributed by atoms with Gasteiger partial charge in [-0.15, -0.1) is 0 Å². The minimum Gasteiger partial charge on any atom is -0.496 e. The molecule has 2 aromatic carbocycles. The number of aromatic nitrogens is 2. The van der Waals surface area contributed by atoms with Crippen LogP contribution in [0.1, 0.15) is 29.2 Å². The molecular weight excluding hydrogens is 424 g/mol. The second-order valence-corrected chi connectivity index (χ2v) is 8.13. The van der Waals surface area contributed by atoms with E-state index in [0.717, 1.165) is 28.0 Å². The van der Waals surface area contributed by atoms with Crippen molar-refractivity contribution in [2.24, 2.45) is 5.10 Å². The Hall–Kier alpha value is -3.39. The lowest BCUT2D eigenvalue weighted by Gasteiger charge is -2.11. The average Bonchev–Trinajstić information content (AvgIpc) is 2.79. The molecule has 0 aliphatic carbocycles. The maximum Gasteiger partial charge on any atom is 0.277 e. The molecule has 0 aliphatic rings. The molecule has 166 valence electrons. The van der Waals surface area contributed by atoms with E-state index in [1.54, 1.807) is 25.6 Å². The number of aryl methyl sites for hydroxylation is 2. The first kappa shape index (κ1) is 23.3. The molecule has 1 aromatic heterocycles. The first-order valence-corrected chi connectivity index (χ1v) is 11.0. The number of thioether (sulfide) groups is 1.